The molecule has 3 rings (SSSR count). The summed E-state index contributed by atoms with van der Waals surface area (Å²) in [7, 11) is 1.62. The summed E-state index contributed by atoms with van der Waals surface area (Å²) >= 11 is 0. The number of carbonyl (C=O) groups excluding carboxylic acids is 1. The van der Waals surface area contributed by atoms with Gasteiger partial charge in [-0.1, -0.05) is 0 Å². The lowest BCUT2D eigenvalue weighted by Crippen LogP contribution is -2.53. The Hall–Kier alpha value is -1.47. The predicted octanol–water partition coefficient (Wildman–Crippen LogP) is 0.288. The molecular formula is C14H21FN4O2. The minimum Gasteiger partial charge on any atom is -0.357 e. The molecule has 116 valence electrons. The fourth-order valence-corrected chi connectivity index (χ4v) is 3.29. The molecule has 0 unspecified atom stereocenters. The molecule has 2 aliphatic heterocycles. The maximum Gasteiger partial charge on any atom is 0.250 e. The standard InChI is InChI=1S/C14H21FN4O2/c1-16-12(20)11-10-19-9-5-17-13(19)14(21-11)2-6-18(7-3-14)8-4-15/h5,9,11H,2-4,6-8,10H2,1H3,(H,16,20)/t11-/m1/s1. The highest BCUT2D eigenvalue weighted by molar-refractivity contribution is 5.80. The molecule has 1 atom stereocenters. The fourth-order valence-electron chi connectivity index (χ4n) is 3.29. The number of carbonyl (C=O) groups is 1. The molecule has 0 saturated carbocycles. The van der Waals surface area contributed by atoms with E-state index < -0.39 is 11.7 Å². The number of nitrogens with zero attached hydrogens (tertiary/aromatic N) is 3. The second-order valence-corrected chi connectivity index (χ2v) is 5.65. The van der Waals surface area contributed by atoms with Crippen LogP contribution in [-0.4, -0.2) is 59.8 Å². The van der Waals surface area contributed by atoms with Crippen LogP contribution in [0.5, 0.6) is 0 Å². The van der Waals surface area contributed by atoms with Gasteiger partial charge in [0, 0.05) is 39.1 Å². The van der Waals surface area contributed by atoms with Gasteiger partial charge in [0.1, 0.15) is 18.1 Å². The molecule has 1 saturated heterocycles. The third kappa shape index (κ3) is 2.55. The van der Waals surface area contributed by atoms with Crippen molar-refractivity contribution in [1.29, 1.82) is 0 Å². The summed E-state index contributed by atoms with van der Waals surface area (Å²) in [6.45, 7) is 2.15. The van der Waals surface area contributed by atoms with Crippen LogP contribution in [0.1, 0.15) is 18.7 Å². The fraction of sp³-hybridized carbons (Fsp3) is 0.714. The third-order valence-corrected chi connectivity index (χ3v) is 4.46. The van der Waals surface area contributed by atoms with E-state index in [-0.39, 0.29) is 12.6 Å². The van der Waals surface area contributed by atoms with Gasteiger partial charge in [-0.3, -0.25) is 4.79 Å². The quantitative estimate of drug-likeness (QED) is 0.871. The SMILES string of the molecule is CNC(=O)[C@H]1Cn2ccnc2C2(CCN(CCF)CC2)O1. The van der Waals surface area contributed by atoms with Gasteiger partial charge in [-0.05, 0) is 12.8 Å². The molecule has 1 amide bonds. The first-order valence-corrected chi connectivity index (χ1v) is 7.38. The molecule has 1 aromatic heterocycles. The molecule has 7 heteroatoms. The number of hydrogen-bond donors (Lipinski definition) is 1. The second kappa shape index (κ2) is 5.73. The molecule has 1 spiro atoms. The first-order valence-electron chi connectivity index (χ1n) is 7.38. The summed E-state index contributed by atoms with van der Waals surface area (Å²) in [6.07, 6.45) is 4.61. The summed E-state index contributed by atoms with van der Waals surface area (Å²) in [5.41, 5.74) is -0.522. The van der Waals surface area contributed by atoms with Gasteiger partial charge in [-0.15, -0.1) is 0 Å². The predicted molar refractivity (Wildman–Crippen MR) is 74.5 cm³/mol. The van der Waals surface area contributed by atoms with Crippen molar-refractivity contribution in [2.75, 3.05) is 33.4 Å². The van der Waals surface area contributed by atoms with Crippen molar-refractivity contribution < 1.29 is 13.9 Å². The van der Waals surface area contributed by atoms with E-state index in [1.165, 1.54) is 0 Å². The number of amides is 1. The number of likely N-dealkylation sites (N-methyl/N-ethyl adjacent to an activating group) is 1. The Bertz CT molecular complexity index is 511. The van der Waals surface area contributed by atoms with Crippen molar-refractivity contribution in [3.8, 4) is 0 Å². The number of ether oxygens (including phenoxy) is 1. The van der Waals surface area contributed by atoms with E-state index in [0.717, 1.165) is 31.8 Å². The average molecular weight is 296 g/mol. The molecule has 0 radical (unpaired) electrons. The summed E-state index contributed by atoms with van der Waals surface area (Å²) in [5, 5.41) is 2.65. The maximum atomic E-state index is 12.5. The number of rotatable bonds is 3. The van der Waals surface area contributed by atoms with Crippen LogP contribution in [0.3, 0.4) is 0 Å². The largest absolute Gasteiger partial charge is 0.357 e. The van der Waals surface area contributed by atoms with E-state index in [2.05, 4.69) is 15.2 Å². The molecule has 6 nitrogen and oxygen atoms in total. The van der Waals surface area contributed by atoms with Gasteiger partial charge in [0.25, 0.3) is 5.91 Å². The minimum atomic E-state index is -0.522. The summed E-state index contributed by atoms with van der Waals surface area (Å²) < 4.78 is 20.6. The minimum absolute atomic E-state index is 0.111. The number of hydrogen-bond acceptors (Lipinski definition) is 4. The number of nitrogens with one attached hydrogen (secondary N) is 1. The molecule has 1 N–H and O–H groups in total. The molecule has 21 heavy (non-hydrogen) atoms. The van der Waals surface area contributed by atoms with Crippen LogP contribution >= 0.6 is 0 Å². The Balaban J connectivity index is 1.83. The highest BCUT2D eigenvalue weighted by Crippen LogP contribution is 2.39. The van der Waals surface area contributed by atoms with Crippen molar-refractivity contribution in [2.24, 2.45) is 0 Å². The van der Waals surface area contributed by atoms with Gasteiger partial charge >= 0.3 is 0 Å². The van der Waals surface area contributed by atoms with Crippen LogP contribution in [0.4, 0.5) is 4.39 Å². The van der Waals surface area contributed by atoms with Crippen LogP contribution in [0.2, 0.25) is 0 Å². The molecule has 0 bridgehead atoms. The lowest BCUT2D eigenvalue weighted by atomic mass is 9.88. The third-order valence-electron chi connectivity index (χ3n) is 4.46. The zero-order chi connectivity index (χ0) is 14.9. The molecule has 0 aliphatic carbocycles. The Labute approximate surface area is 123 Å². The van der Waals surface area contributed by atoms with Gasteiger partial charge in [0.15, 0.2) is 6.10 Å². The van der Waals surface area contributed by atoms with Crippen molar-refractivity contribution in [2.45, 2.75) is 31.1 Å². The summed E-state index contributed by atoms with van der Waals surface area (Å²) in [5.74, 6) is 0.780. The van der Waals surface area contributed by atoms with Crippen LogP contribution < -0.4 is 5.32 Å². The number of imidazole rings is 1. The lowest BCUT2D eigenvalue weighted by Gasteiger charge is -2.45. The summed E-state index contributed by atoms with van der Waals surface area (Å²) in [4.78, 5) is 18.5. The van der Waals surface area contributed by atoms with Crippen LogP contribution in [0, 0.1) is 0 Å². The van der Waals surface area contributed by atoms with Gasteiger partial charge < -0.3 is 19.5 Å². The van der Waals surface area contributed by atoms with Crippen molar-refractivity contribution in [3.05, 3.63) is 18.2 Å². The topological polar surface area (TPSA) is 59.4 Å². The molecule has 2 aliphatic rings. The van der Waals surface area contributed by atoms with E-state index in [1.54, 1.807) is 13.2 Å². The molecule has 0 aromatic carbocycles. The van der Waals surface area contributed by atoms with Gasteiger partial charge in [-0.25, -0.2) is 9.37 Å². The van der Waals surface area contributed by atoms with E-state index in [9.17, 15) is 9.18 Å². The molecule has 1 aromatic rings. The van der Waals surface area contributed by atoms with Crippen molar-refractivity contribution >= 4 is 5.91 Å². The number of piperidine rings is 1. The number of fused-ring (bicyclic) bond motifs is 2. The first kappa shape index (κ1) is 14.5. The van der Waals surface area contributed by atoms with Gasteiger partial charge in [0.2, 0.25) is 0 Å². The lowest BCUT2D eigenvalue weighted by molar-refractivity contribution is -0.173. The van der Waals surface area contributed by atoms with Crippen molar-refractivity contribution in [3.63, 3.8) is 0 Å². The number of aromatic nitrogens is 2. The zero-order valence-electron chi connectivity index (χ0n) is 12.2. The first-order chi connectivity index (χ1) is 10.2. The van der Waals surface area contributed by atoms with Crippen LogP contribution in [0.15, 0.2) is 12.4 Å². The second-order valence-electron chi connectivity index (χ2n) is 5.65. The Morgan fingerprint density at radius 1 is 1.57 bits per heavy atom. The summed E-state index contributed by atoms with van der Waals surface area (Å²) in [6, 6.07) is 0. The van der Waals surface area contributed by atoms with Crippen LogP contribution in [0.25, 0.3) is 0 Å². The molecular weight excluding hydrogens is 275 g/mol. The number of halogens is 1. The Morgan fingerprint density at radius 3 is 3.00 bits per heavy atom. The Kier molecular flexibility index (Phi) is 3.95. The van der Waals surface area contributed by atoms with Crippen molar-refractivity contribution in [1.82, 2.24) is 19.8 Å². The maximum absolute atomic E-state index is 12.5. The smallest absolute Gasteiger partial charge is 0.250 e. The Morgan fingerprint density at radius 2 is 2.33 bits per heavy atom. The van der Waals surface area contributed by atoms with Gasteiger partial charge in [-0.2, -0.15) is 0 Å². The van der Waals surface area contributed by atoms with E-state index >= 15 is 0 Å². The monoisotopic (exact) mass is 296 g/mol. The molecule has 1 fully saturated rings. The number of alkyl halides is 1. The van der Waals surface area contributed by atoms with E-state index in [0.29, 0.717) is 13.1 Å². The zero-order valence-corrected chi connectivity index (χ0v) is 12.2. The molecule has 3 heterocycles. The average Bonchev–Trinajstić information content (AvgIpc) is 2.98. The van der Waals surface area contributed by atoms with E-state index in [4.69, 9.17) is 4.74 Å². The van der Waals surface area contributed by atoms with E-state index in [1.807, 2.05) is 10.8 Å². The van der Waals surface area contributed by atoms with Gasteiger partial charge in [0.05, 0.1) is 6.54 Å². The highest BCUT2D eigenvalue weighted by Gasteiger charge is 2.46. The normalized spacial score (nSPS) is 24.8. The van der Waals surface area contributed by atoms with Crippen LogP contribution in [-0.2, 0) is 21.7 Å². The highest BCUT2D eigenvalue weighted by atomic mass is 19.1. The number of likely N-dealkylation sites (tertiary alicyclic amines) is 1.